The summed E-state index contributed by atoms with van der Waals surface area (Å²) < 4.78 is 52.6. The first-order valence-corrected chi connectivity index (χ1v) is 5.78. The van der Waals surface area contributed by atoms with E-state index >= 15 is 0 Å². The lowest BCUT2D eigenvalue weighted by molar-refractivity contribution is -0.137. The van der Waals surface area contributed by atoms with E-state index in [-0.39, 0.29) is 5.69 Å². The minimum absolute atomic E-state index is 0.101. The van der Waals surface area contributed by atoms with Crippen LogP contribution in [-0.4, -0.2) is 10.5 Å². The van der Waals surface area contributed by atoms with Crippen molar-refractivity contribution >= 4 is 17.3 Å². The lowest BCUT2D eigenvalue weighted by Gasteiger charge is -2.11. The first-order valence-electron chi connectivity index (χ1n) is 5.78. The second kappa shape index (κ2) is 5.12. The van der Waals surface area contributed by atoms with E-state index in [9.17, 15) is 22.4 Å². The Bertz CT molecular complexity index is 691. The monoisotopic (exact) mass is 301 g/mol. The Morgan fingerprint density at radius 2 is 1.95 bits per heavy atom. The smallest absolute Gasteiger partial charge is 0.397 e. The summed E-state index contributed by atoms with van der Waals surface area (Å²) in [5.41, 5.74) is 4.31. The maximum atomic E-state index is 13.5. The molecule has 0 aliphatic rings. The molecule has 1 aromatic heterocycles. The van der Waals surface area contributed by atoms with Crippen molar-refractivity contribution in [3.05, 3.63) is 47.5 Å². The third-order valence-corrected chi connectivity index (χ3v) is 2.80. The molecule has 0 atom stereocenters. The number of hydrogen-bond acceptors (Lipinski definition) is 2. The molecule has 1 amide bonds. The van der Waals surface area contributed by atoms with Crippen molar-refractivity contribution in [1.29, 1.82) is 0 Å². The lowest BCUT2D eigenvalue weighted by Crippen LogP contribution is -2.17. The van der Waals surface area contributed by atoms with Crippen LogP contribution in [0, 0.1) is 5.82 Å². The van der Waals surface area contributed by atoms with E-state index in [0.717, 1.165) is 0 Å². The molecule has 112 valence electrons. The fourth-order valence-corrected chi connectivity index (χ4v) is 1.80. The number of halogens is 4. The minimum atomic E-state index is -4.62. The van der Waals surface area contributed by atoms with E-state index < -0.39 is 29.2 Å². The summed E-state index contributed by atoms with van der Waals surface area (Å²) in [6.07, 6.45) is -3.17. The predicted octanol–water partition coefficient (Wildman–Crippen LogP) is 3.02. The number of nitrogens with zero attached hydrogens (tertiary/aromatic N) is 1. The molecule has 4 nitrogen and oxygen atoms in total. The van der Waals surface area contributed by atoms with Gasteiger partial charge in [-0.05, 0) is 24.3 Å². The third-order valence-electron chi connectivity index (χ3n) is 2.80. The Kier molecular flexibility index (Phi) is 3.63. The van der Waals surface area contributed by atoms with Crippen LogP contribution >= 0.6 is 0 Å². The SMILES string of the molecule is Cn1cc(N)cc1C(=O)Nc1cc(C(F)(F)F)ccc1F. The molecule has 0 radical (unpaired) electrons. The molecule has 0 aliphatic carbocycles. The maximum Gasteiger partial charge on any atom is 0.416 e. The molecule has 1 heterocycles. The van der Waals surface area contributed by atoms with E-state index in [4.69, 9.17) is 5.73 Å². The van der Waals surface area contributed by atoms with Crippen LogP contribution < -0.4 is 11.1 Å². The van der Waals surface area contributed by atoms with E-state index in [1.807, 2.05) is 0 Å². The number of rotatable bonds is 2. The zero-order valence-corrected chi connectivity index (χ0v) is 10.8. The molecular weight excluding hydrogens is 290 g/mol. The topological polar surface area (TPSA) is 60.0 Å². The van der Waals surface area contributed by atoms with Gasteiger partial charge in [0.15, 0.2) is 0 Å². The summed E-state index contributed by atoms with van der Waals surface area (Å²) in [7, 11) is 1.54. The molecule has 2 aromatic rings. The molecule has 3 N–H and O–H groups in total. The average molecular weight is 301 g/mol. The Balaban J connectivity index is 2.31. The highest BCUT2D eigenvalue weighted by Gasteiger charge is 2.31. The van der Waals surface area contributed by atoms with Gasteiger partial charge in [0, 0.05) is 13.2 Å². The highest BCUT2D eigenvalue weighted by molar-refractivity contribution is 6.03. The van der Waals surface area contributed by atoms with Crippen molar-refractivity contribution in [2.75, 3.05) is 11.1 Å². The Labute approximate surface area is 117 Å². The van der Waals surface area contributed by atoms with Gasteiger partial charge in [-0.1, -0.05) is 0 Å². The zero-order chi connectivity index (χ0) is 15.8. The number of amides is 1. The Hall–Kier alpha value is -2.51. The molecule has 0 spiro atoms. The number of carbonyl (C=O) groups is 1. The highest BCUT2D eigenvalue weighted by atomic mass is 19.4. The van der Waals surface area contributed by atoms with Crippen LogP contribution in [-0.2, 0) is 13.2 Å². The third kappa shape index (κ3) is 3.15. The number of nitrogens with one attached hydrogen (secondary N) is 1. The summed E-state index contributed by atoms with van der Waals surface area (Å²) in [4.78, 5) is 11.9. The van der Waals surface area contributed by atoms with Crippen molar-refractivity contribution in [3.63, 3.8) is 0 Å². The van der Waals surface area contributed by atoms with Crippen molar-refractivity contribution in [3.8, 4) is 0 Å². The highest BCUT2D eigenvalue weighted by Crippen LogP contribution is 2.32. The molecule has 0 fully saturated rings. The zero-order valence-electron chi connectivity index (χ0n) is 10.8. The van der Waals surface area contributed by atoms with Crippen molar-refractivity contribution in [2.24, 2.45) is 7.05 Å². The summed E-state index contributed by atoms with van der Waals surface area (Å²) in [6.45, 7) is 0. The maximum absolute atomic E-state index is 13.5. The van der Waals surface area contributed by atoms with E-state index in [2.05, 4.69) is 5.32 Å². The van der Waals surface area contributed by atoms with Crippen molar-refractivity contribution in [2.45, 2.75) is 6.18 Å². The second-order valence-corrected chi connectivity index (χ2v) is 4.42. The predicted molar refractivity (Wildman–Crippen MR) is 69.2 cm³/mol. The van der Waals surface area contributed by atoms with Crippen LogP contribution in [0.2, 0.25) is 0 Å². The fraction of sp³-hybridized carbons (Fsp3) is 0.154. The van der Waals surface area contributed by atoms with Gasteiger partial charge in [0.2, 0.25) is 0 Å². The van der Waals surface area contributed by atoms with E-state index in [0.29, 0.717) is 23.9 Å². The number of benzene rings is 1. The van der Waals surface area contributed by atoms with Crippen LogP contribution in [0.4, 0.5) is 28.9 Å². The molecule has 0 unspecified atom stereocenters. The standard InChI is InChI=1S/C13H11F4N3O/c1-20-6-8(18)5-11(20)12(21)19-10-4-7(13(15,16)17)2-3-9(10)14/h2-6H,18H2,1H3,(H,19,21). The summed E-state index contributed by atoms with van der Waals surface area (Å²) in [5.74, 6) is -1.72. The molecule has 0 saturated carbocycles. The van der Waals surface area contributed by atoms with Crippen LogP contribution in [0.25, 0.3) is 0 Å². The van der Waals surface area contributed by atoms with Gasteiger partial charge in [-0.25, -0.2) is 4.39 Å². The van der Waals surface area contributed by atoms with Gasteiger partial charge in [0.1, 0.15) is 11.5 Å². The van der Waals surface area contributed by atoms with Gasteiger partial charge in [0.05, 0.1) is 16.9 Å². The summed E-state index contributed by atoms with van der Waals surface area (Å²) >= 11 is 0. The van der Waals surface area contributed by atoms with Crippen LogP contribution in [0.1, 0.15) is 16.1 Å². The van der Waals surface area contributed by atoms with Gasteiger partial charge < -0.3 is 15.6 Å². The molecule has 8 heteroatoms. The molecule has 0 aliphatic heterocycles. The van der Waals surface area contributed by atoms with Gasteiger partial charge in [-0.2, -0.15) is 13.2 Å². The van der Waals surface area contributed by atoms with Gasteiger partial charge >= 0.3 is 6.18 Å². The minimum Gasteiger partial charge on any atom is -0.397 e. The molecule has 1 aromatic carbocycles. The van der Waals surface area contributed by atoms with Gasteiger partial charge in [-0.15, -0.1) is 0 Å². The first kappa shape index (κ1) is 14.9. The molecule has 0 bridgehead atoms. The largest absolute Gasteiger partial charge is 0.416 e. The van der Waals surface area contributed by atoms with Gasteiger partial charge in [0.25, 0.3) is 5.91 Å². The number of hydrogen-bond donors (Lipinski definition) is 2. The number of nitrogens with two attached hydrogens (primary N) is 1. The quantitative estimate of drug-likeness (QED) is 0.838. The van der Waals surface area contributed by atoms with Crippen molar-refractivity contribution in [1.82, 2.24) is 4.57 Å². The second-order valence-electron chi connectivity index (χ2n) is 4.42. The number of anilines is 2. The van der Waals surface area contributed by atoms with Crippen LogP contribution in [0.5, 0.6) is 0 Å². The number of aromatic nitrogens is 1. The van der Waals surface area contributed by atoms with Crippen LogP contribution in [0.3, 0.4) is 0 Å². The van der Waals surface area contributed by atoms with E-state index in [1.54, 1.807) is 0 Å². The first-order chi connectivity index (χ1) is 9.68. The number of aryl methyl sites for hydroxylation is 1. The molecule has 21 heavy (non-hydrogen) atoms. The number of nitrogen functional groups attached to an aromatic ring is 1. The van der Waals surface area contributed by atoms with Crippen molar-refractivity contribution < 1.29 is 22.4 Å². The Morgan fingerprint density at radius 1 is 1.29 bits per heavy atom. The molecular formula is C13H11F4N3O. The molecule has 2 rings (SSSR count). The Morgan fingerprint density at radius 3 is 2.48 bits per heavy atom. The lowest BCUT2D eigenvalue weighted by atomic mass is 10.2. The molecule has 0 saturated heterocycles. The summed E-state index contributed by atoms with van der Waals surface area (Å²) in [5, 5.41) is 2.10. The average Bonchev–Trinajstić information content (AvgIpc) is 2.70. The summed E-state index contributed by atoms with van der Waals surface area (Å²) in [6, 6.07) is 3.13. The fourth-order valence-electron chi connectivity index (χ4n) is 1.80. The number of alkyl halides is 3. The number of carbonyl (C=O) groups excluding carboxylic acids is 1. The normalized spacial score (nSPS) is 11.5. The van der Waals surface area contributed by atoms with E-state index in [1.165, 1.54) is 23.9 Å². The van der Waals surface area contributed by atoms with Gasteiger partial charge in [-0.3, -0.25) is 4.79 Å². The van der Waals surface area contributed by atoms with Crippen LogP contribution in [0.15, 0.2) is 30.5 Å².